The molecule has 0 amide bonds. The summed E-state index contributed by atoms with van der Waals surface area (Å²) in [6, 6.07) is 0.181. The summed E-state index contributed by atoms with van der Waals surface area (Å²) < 4.78 is 3.80. The lowest BCUT2D eigenvalue weighted by atomic mass is 10.1. The third kappa shape index (κ3) is 3.22. The first-order chi connectivity index (χ1) is 6.38. The van der Waals surface area contributed by atoms with Gasteiger partial charge in [-0.3, -0.25) is 11.3 Å². The minimum atomic E-state index is 0.181. The summed E-state index contributed by atoms with van der Waals surface area (Å²) in [4.78, 5) is 1.09. The van der Waals surface area contributed by atoms with Crippen molar-refractivity contribution in [1.29, 1.82) is 0 Å². The Balaban J connectivity index is 2.39. The van der Waals surface area contributed by atoms with Crippen LogP contribution in [0.1, 0.15) is 30.2 Å². The number of hydrogen-bond acceptors (Lipinski definition) is 5. The van der Waals surface area contributed by atoms with Crippen LogP contribution >= 0.6 is 11.5 Å². The van der Waals surface area contributed by atoms with Crippen molar-refractivity contribution in [3.63, 3.8) is 0 Å². The predicted octanol–water partition coefficient (Wildman–Crippen LogP) is 1.40. The van der Waals surface area contributed by atoms with Crippen molar-refractivity contribution in [1.82, 2.24) is 15.0 Å². The lowest BCUT2D eigenvalue weighted by molar-refractivity contribution is 0.507. The van der Waals surface area contributed by atoms with Gasteiger partial charge in [0, 0.05) is 0 Å². The Morgan fingerprint density at radius 2 is 2.62 bits per heavy atom. The molecule has 0 bridgehead atoms. The normalized spacial score (nSPS) is 12.7. The van der Waals surface area contributed by atoms with E-state index in [0.717, 1.165) is 24.1 Å². The smallest absolute Gasteiger partial charge is 0.0669 e. The van der Waals surface area contributed by atoms with Crippen LogP contribution < -0.4 is 11.3 Å². The maximum absolute atomic E-state index is 5.42. The van der Waals surface area contributed by atoms with Gasteiger partial charge in [0.1, 0.15) is 0 Å². The molecule has 5 heteroatoms. The molecule has 1 aromatic rings. The molecule has 3 N–H and O–H groups in total. The molecule has 1 unspecified atom stereocenters. The number of nitrogens with zero attached hydrogens (tertiary/aromatic N) is 2. The van der Waals surface area contributed by atoms with E-state index in [0.29, 0.717) is 0 Å². The number of unbranched alkanes of at least 4 members (excludes halogenated alkanes) is 1. The number of nitrogens with two attached hydrogens (primary N) is 1. The van der Waals surface area contributed by atoms with Crippen LogP contribution in [0.2, 0.25) is 0 Å². The Morgan fingerprint density at radius 1 is 1.77 bits per heavy atom. The van der Waals surface area contributed by atoms with Gasteiger partial charge in [-0.15, -0.1) is 11.7 Å². The maximum atomic E-state index is 5.42. The van der Waals surface area contributed by atoms with Crippen molar-refractivity contribution in [2.75, 3.05) is 0 Å². The summed E-state index contributed by atoms with van der Waals surface area (Å²) in [5, 5.41) is 3.77. The highest BCUT2D eigenvalue weighted by Gasteiger charge is 2.10. The minimum Gasteiger partial charge on any atom is -0.271 e. The fraction of sp³-hybridized carbons (Fsp3) is 0.500. The van der Waals surface area contributed by atoms with Gasteiger partial charge in [0.15, 0.2) is 0 Å². The number of hydrogen-bond donors (Lipinski definition) is 2. The molecule has 0 aromatic carbocycles. The van der Waals surface area contributed by atoms with E-state index in [4.69, 9.17) is 5.84 Å². The van der Waals surface area contributed by atoms with Crippen molar-refractivity contribution in [2.24, 2.45) is 5.84 Å². The van der Waals surface area contributed by atoms with Crippen LogP contribution in [0.3, 0.4) is 0 Å². The van der Waals surface area contributed by atoms with Crippen molar-refractivity contribution in [3.05, 3.63) is 23.7 Å². The van der Waals surface area contributed by atoms with Gasteiger partial charge in [-0.1, -0.05) is 10.6 Å². The number of aromatic nitrogens is 2. The first-order valence-corrected chi connectivity index (χ1v) is 5.00. The van der Waals surface area contributed by atoms with Gasteiger partial charge in [-0.05, 0) is 30.8 Å². The largest absolute Gasteiger partial charge is 0.271 e. The van der Waals surface area contributed by atoms with Crippen LogP contribution in [0.4, 0.5) is 0 Å². The summed E-state index contributed by atoms with van der Waals surface area (Å²) in [5.41, 5.74) is 2.76. The molecule has 0 spiro atoms. The summed E-state index contributed by atoms with van der Waals surface area (Å²) in [6.07, 6.45) is 6.76. The van der Waals surface area contributed by atoms with Crippen LogP contribution in [0.5, 0.6) is 0 Å². The third-order valence-electron chi connectivity index (χ3n) is 1.82. The van der Waals surface area contributed by atoms with Crippen molar-refractivity contribution >= 4 is 11.5 Å². The zero-order valence-corrected chi connectivity index (χ0v) is 8.26. The molecule has 4 nitrogen and oxygen atoms in total. The summed E-state index contributed by atoms with van der Waals surface area (Å²) >= 11 is 1.38. The molecule has 0 saturated carbocycles. The van der Waals surface area contributed by atoms with E-state index in [1.165, 1.54) is 11.5 Å². The highest BCUT2D eigenvalue weighted by atomic mass is 32.1. The fourth-order valence-electron chi connectivity index (χ4n) is 1.10. The van der Waals surface area contributed by atoms with Crippen LogP contribution in [0, 0.1) is 0 Å². The van der Waals surface area contributed by atoms with E-state index in [9.17, 15) is 0 Å². The topological polar surface area (TPSA) is 63.8 Å². The number of hydrazine groups is 1. The second kappa shape index (κ2) is 5.80. The number of rotatable bonds is 6. The average Bonchev–Trinajstić information content (AvgIpc) is 2.65. The molecule has 1 heterocycles. The molecular formula is C8H14N4S. The molecule has 0 fully saturated rings. The molecular weight excluding hydrogens is 184 g/mol. The van der Waals surface area contributed by atoms with E-state index in [1.54, 1.807) is 6.20 Å². The Hall–Kier alpha value is -0.780. The minimum absolute atomic E-state index is 0.181. The Labute approximate surface area is 82.0 Å². The van der Waals surface area contributed by atoms with Crippen molar-refractivity contribution < 1.29 is 0 Å². The third-order valence-corrected chi connectivity index (χ3v) is 2.60. The van der Waals surface area contributed by atoms with Crippen LogP contribution in [0.15, 0.2) is 18.9 Å². The summed E-state index contributed by atoms with van der Waals surface area (Å²) in [5.74, 6) is 5.42. The lowest BCUT2D eigenvalue weighted by Crippen LogP contribution is -2.27. The van der Waals surface area contributed by atoms with Crippen molar-refractivity contribution in [3.8, 4) is 0 Å². The summed E-state index contributed by atoms with van der Waals surface area (Å²) in [7, 11) is 0. The SMILES string of the molecule is C=CCCCC(NN)c1cnns1. The second-order valence-electron chi connectivity index (χ2n) is 2.76. The molecule has 0 aliphatic heterocycles. The zero-order chi connectivity index (χ0) is 9.52. The number of nitrogens with one attached hydrogen (secondary N) is 1. The first-order valence-electron chi connectivity index (χ1n) is 4.22. The van der Waals surface area contributed by atoms with E-state index in [-0.39, 0.29) is 6.04 Å². The van der Waals surface area contributed by atoms with Crippen LogP contribution in [0.25, 0.3) is 0 Å². The average molecular weight is 198 g/mol. The zero-order valence-electron chi connectivity index (χ0n) is 7.44. The lowest BCUT2D eigenvalue weighted by Gasteiger charge is -2.11. The Kier molecular flexibility index (Phi) is 4.59. The van der Waals surface area contributed by atoms with E-state index in [2.05, 4.69) is 21.6 Å². The van der Waals surface area contributed by atoms with Gasteiger partial charge >= 0.3 is 0 Å². The molecule has 1 aromatic heterocycles. The van der Waals surface area contributed by atoms with Crippen molar-refractivity contribution in [2.45, 2.75) is 25.3 Å². The predicted molar refractivity (Wildman–Crippen MR) is 54.0 cm³/mol. The molecule has 0 aliphatic carbocycles. The molecule has 1 rings (SSSR count). The van der Waals surface area contributed by atoms with Crippen LogP contribution in [-0.2, 0) is 0 Å². The Bertz CT molecular complexity index is 234. The molecule has 0 aliphatic rings. The van der Waals surface area contributed by atoms with Gasteiger partial charge in [-0.25, -0.2) is 0 Å². The molecule has 1 atom stereocenters. The van der Waals surface area contributed by atoms with E-state index >= 15 is 0 Å². The fourth-order valence-corrected chi connectivity index (χ4v) is 1.70. The van der Waals surface area contributed by atoms with Gasteiger partial charge in [0.05, 0.1) is 17.1 Å². The summed E-state index contributed by atoms with van der Waals surface area (Å²) in [6.45, 7) is 3.67. The van der Waals surface area contributed by atoms with Crippen LogP contribution in [-0.4, -0.2) is 9.59 Å². The maximum Gasteiger partial charge on any atom is 0.0669 e. The highest BCUT2D eigenvalue weighted by Crippen LogP contribution is 2.20. The Morgan fingerprint density at radius 3 is 3.15 bits per heavy atom. The number of allylic oxidation sites excluding steroid dienone is 1. The molecule has 13 heavy (non-hydrogen) atoms. The van der Waals surface area contributed by atoms with Gasteiger partial charge in [-0.2, -0.15) is 0 Å². The van der Waals surface area contributed by atoms with E-state index in [1.807, 2.05) is 6.08 Å². The second-order valence-corrected chi connectivity index (χ2v) is 3.58. The monoisotopic (exact) mass is 198 g/mol. The van der Waals surface area contributed by atoms with Gasteiger partial charge < -0.3 is 0 Å². The van der Waals surface area contributed by atoms with Gasteiger partial charge in [0.25, 0.3) is 0 Å². The highest BCUT2D eigenvalue weighted by molar-refractivity contribution is 7.05. The van der Waals surface area contributed by atoms with Gasteiger partial charge in [0.2, 0.25) is 0 Å². The van der Waals surface area contributed by atoms with E-state index < -0.39 is 0 Å². The molecule has 72 valence electrons. The first kappa shape index (κ1) is 10.3. The standard InChI is InChI=1S/C8H14N4S/c1-2-3-4-5-7(11-9)8-6-10-12-13-8/h2,6-7,11H,1,3-5,9H2. The molecule has 0 saturated heterocycles. The quantitative estimate of drug-likeness (QED) is 0.314. The molecule has 0 radical (unpaired) electrons.